The molecule has 2 fully saturated rings. The van der Waals surface area contributed by atoms with Crippen molar-refractivity contribution in [2.24, 2.45) is 5.92 Å². The predicted molar refractivity (Wildman–Crippen MR) is 119 cm³/mol. The van der Waals surface area contributed by atoms with Crippen molar-refractivity contribution in [1.82, 2.24) is 10.2 Å². The second-order valence-corrected chi connectivity index (χ2v) is 8.49. The van der Waals surface area contributed by atoms with Gasteiger partial charge in [0.25, 0.3) is 0 Å². The highest BCUT2D eigenvalue weighted by molar-refractivity contribution is 5.80. The summed E-state index contributed by atoms with van der Waals surface area (Å²) in [6, 6.07) is 6.69. The van der Waals surface area contributed by atoms with Crippen LogP contribution in [-0.2, 0) is 32.0 Å². The molecule has 174 valence electrons. The standard InChI is InChI=1S/C24H38N2O5/c1-28-10-4-5-18-13-19(15-21(14-18)31-12-11-29-2)17-26(20-6-7-20)24(27)22-16-25-9-8-23(22)30-3/h13-15,20,22-23,25H,4-12,16-17H2,1-3H3. The molecule has 2 aliphatic rings. The average molecular weight is 435 g/mol. The van der Waals surface area contributed by atoms with Crippen LogP contribution in [0.2, 0.25) is 0 Å². The van der Waals surface area contributed by atoms with Crippen LogP contribution in [0, 0.1) is 5.92 Å². The van der Waals surface area contributed by atoms with Crippen LogP contribution in [0.1, 0.15) is 36.8 Å². The van der Waals surface area contributed by atoms with Gasteiger partial charge in [0, 0.05) is 47.1 Å². The van der Waals surface area contributed by atoms with E-state index in [1.54, 1.807) is 21.3 Å². The number of carbonyl (C=O) groups is 1. The Morgan fingerprint density at radius 1 is 1.03 bits per heavy atom. The van der Waals surface area contributed by atoms with Crippen molar-refractivity contribution >= 4 is 5.91 Å². The van der Waals surface area contributed by atoms with E-state index in [1.807, 2.05) is 0 Å². The second kappa shape index (κ2) is 12.4. The third kappa shape index (κ3) is 7.17. The summed E-state index contributed by atoms with van der Waals surface area (Å²) in [5.74, 6) is 0.911. The molecule has 1 aromatic carbocycles. The van der Waals surface area contributed by atoms with E-state index in [2.05, 4.69) is 28.4 Å². The van der Waals surface area contributed by atoms with Gasteiger partial charge in [0.05, 0.1) is 18.6 Å². The van der Waals surface area contributed by atoms with Crippen molar-refractivity contribution in [3.05, 3.63) is 29.3 Å². The number of piperidine rings is 1. The summed E-state index contributed by atoms with van der Waals surface area (Å²) < 4.78 is 21.9. The number of aryl methyl sites for hydroxylation is 1. The maximum Gasteiger partial charge on any atom is 0.230 e. The number of rotatable bonds is 13. The summed E-state index contributed by atoms with van der Waals surface area (Å²) >= 11 is 0. The van der Waals surface area contributed by atoms with E-state index < -0.39 is 0 Å². The highest BCUT2D eigenvalue weighted by atomic mass is 16.5. The van der Waals surface area contributed by atoms with E-state index in [0.29, 0.717) is 32.3 Å². The van der Waals surface area contributed by atoms with Crippen LogP contribution in [0.5, 0.6) is 5.75 Å². The summed E-state index contributed by atoms with van der Waals surface area (Å²) in [6.07, 6.45) is 4.88. The molecule has 1 aliphatic heterocycles. The van der Waals surface area contributed by atoms with E-state index in [1.165, 1.54) is 5.56 Å². The Bertz CT molecular complexity index is 666. The van der Waals surface area contributed by atoms with Gasteiger partial charge in [-0.05, 0) is 61.9 Å². The van der Waals surface area contributed by atoms with Gasteiger partial charge in [-0.3, -0.25) is 4.79 Å². The zero-order valence-corrected chi connectivity index (χ0v) is 19.2. The van der Waals surface area contributed by atoms with Crippen LogP contribution in [0.15, 0.2) is 18.2 Å². The summed E-state index contributed by atoms with van der Waals surface area (Å²) in [6.45, 7) is 3.97. The Balaban J connectivity index is 1.75. The first kappa shape index (κ1) is 24.0. The van der Waals surface area contributed by atoms with E-state index in [-0.39, 0.29) is 17.9 Å². The molecule has 7 heteroatoms. The molecule has 7 nitrogen and oxygen atoms in total. The third-order valence-corrected chi connectivity index (χ3v) is 6.06. The minimum atomic E-state index is -0.123. The van der Waals surface area contributed by atoms with Gasteiger partial charge in [-0.2, -0.15) is 0 Å². The highest BCUT2D eigenvalue weighted by Crippen LogP contribution is 2.32. The number of carbonyl (C=O) groups excluding carboxylic acids is 1. The molecule has 3 rings (SSSR count). The lowest BCUT2D eigenvalue weighted by molar-refractivity contribution is -0.142. The summed E-state index contributed by atoms with van der Waals surface area (Å²) in [5.41, 5.74) is 2.32. The van der Waals surface area contributed by atoms with Crippen LogP contribution in [0.25, 0.3) is 0 Å². The number of methoxy groups -OCH3 is 3. The quantitative estimate of drug-likeness (QED) is 0.481. The molecule has 1 saturated carbocycles. The molecule has 1 aromatic rings. The molecule has 0 bridgehead atoms. The molecule has 1 aliphatic carbocycles. The van der Waals surface area contributed by atoms with Gasteiger partial charge >= 0.3 is 0 Å². The van der Waals surface area contributed by atoms with Crippen LogP contribution in [0.4, 0.5) is 0 Å². The fourth-order valence-corrected chi connectivity index (χ4v) is 4.26. The van der Waals surface area contributed by atoms with Crippen molar-refractivity contribution in [2.45, 2.75) is 50.8 Å². The fourth-order valence-electron chi connectivity index (χ4n) is 4.26. The minimum absolute atomic E-state index is 0.0108. The maximum absolute atomic E-state index is 13.5. The van der Waals surface area contributed by atoms with Crippen LogP contribution >= 0.6 is 0 Å². The van der Waals surface area contributed by atoms with E-state index in [0.717, 1.165) is 56.6 Å². The zero-order valence-electron chi connectivity index (χ0n) is 19.2. The molecule has 2 atom stereocenters. The van der Waals surface area contributed by atoms with Crippen molar-refractivity contribution in [3.8, 4) is 5.75 Å². The fraction of sp³-hybridized carbons (Fsp3) is 0.708. The molecule has 0 spiro atoms. The lowest BCUT2D eigenvalue weighted by atomic mass is 9.94. The smallest absolute Gasteiger partial charge is 0.230 e. The average Bonchev–Trinajstić information content (AvgIpc) is 3.62. The van der Waals surface area contributed by atoms with Gasteiger partial charge in [0.15, 0.2) is 0 Å². The Hall–Kier alpha value is -1.67. The lowest BCUT2D eigenvalue weighted by Gasteiger charge is -2.34. The normalized spacial score (nSPS) is 21.1. The molecule has 1 saturated heterocycles. The largest absolute Gasteiger partial charge is 0.491 e. The van der Waals surface area contributed by atoms with Crippen molar-refractivity contribution in [3.63, 3.8) is 0 Å². The molecule has 1 amide bonds. The molecule has 1 N–H and O–H groups in total. The second-order valence-electron chi connectivity index (χ2n) is 8.49. The Morgan fingerprint density at radius 2 is 1.81 bits per heavy atom. The van der Waals surface area contributed by atoms with Crippen molar-refractivity contribution in [1.29, 1.82) is 0 Å². The molecule has 0 radical (unpaired) electrons. The van der Waals surface area contributed by atoms with Gasteiger partial charge < -0.3 is 29.2 Å². The molecule has 1 heterocycles. The van der Waals surface area contributed by atoms with Gasteiger partial charge in [-0.15, -0.1) is 0 Å². The summed E-state index contributed by atoms with van der Waals surface area (Å²) in [7, 11) is 5.11. The number of nitrogens with zero attached hydrogens (tertiary/aromatic N) is 1. The maximum atomic E-state index is 13.5. The van der Waals surface area contributed by atoms with Crippen LogP contribution in [-0.4, -0.2) is 77.2 Å². The Labute approximate surface area is 186 Å². The van der Waals surface area contributed by atoms with E-state index >= 15 is 0 Å². The number of hydrogen-bond acceptors (Lipinski definition) is 6. The van der Waals surface area contributed by atoms with Gasteiger partial charge in [-0.25, -0.2) is 0 Å². The SMILES string of the molecule is COCCCc1cc(CN(C(=O)C2CNCCC2OC)C2CC2)cc(OCCOC)c1. The first-order chi connectivity index (χ1) is 15.2. The third-order valence-electron chi connectivity index (χ3n) is 6.06. The minimum Gasteiger partial charge on any atom is -0.491 e. The zero-order chi connectivity index (χ0) is 22.1. The lowest BCUT2D eigenvalue weighted by Crippen LogP contribution is -2.50. The Kier molecular flexibility index (Phi) is 9.58. The van der Waals surface area contributed by atoms with Crippen molar-refractivity contribution in [2.75, 3.05) is 54.2 Å². The predicted octanol–water partition coefficient (Wildman–Crippen LogP) is 2.41. The van der Waals surface area contributed by atoms with Crippen LogP contribution in [0.3, 0.4) is 0 Å². The topological polar surface area (TPSA) is 69.3 Å². The summed E-state index contributed by atoms with van der Waals surface area (Å²) in [4.78, 5) is 15.6. The highest BCUT2D eigenvalue weighted by Gasteiger charge is 2.39. The first-order valence-electron chi connectivity index (χ1n) is 11.4. The first-order valence-corrected chi connectivity index (χ1v) is 11.4. The monoisotopic (exact) mass is 434 g/mol. The molecule has 0 aromatic heterocycles. The van der Waals surface area contributed by atoms with E-state index in [9.17, 15) is 4.79 Å². The molecular weight excluding hydrogens is 396 g/mol. The van der Waals surface area contributed by atoms with Crippen LogP contribution < -0.4 is 10.1 Å². The van der Waals surface area contributed by atoms with E-state index in [4.69, 9.17) is 18.9 Å². The number of ether oxygens (including phenoxy) is 4. The van der Waals surface area contributed by atoms with Gasteiger partial charge in [-0.1, -0.05) is 6.07 Å². The van der Waals surface area contributed by atoms with Gasteiger partial charge in [0.1, 0.15) is 12.4 Å². The molecule has 31 heavy (non-hydrogen) atoms. The molecule has 2 unspecified atom stereocenters. The Morgan fingerprint density at radius 3 is 2.52 bits per heavy atom. The molecular formula is C24H38N2O5. The number of nitrogens with one attached hydrogen (secondary N) is 1. The summed E-state index contributed by atoms with van der Waals surface area (Å²) in [5, 5.41) is 3.36. The number of benzene rings is 1. The van der Waals surface area contributed by atoms with Gasteiger partial charge in [0.2, 0.25) is 5.91 Å². The number of amides is 1. The number of hydrogen-bond donors (Lipinski definition) is 1. The van der Waals surface area contributed by atoms with Crippen molar-refractivity contribution < 1.29 is 23.7 Å².